The first-order valence-corrected chi connectivity index (χ1v) is 6.40. The van der Waals surface area contributed by atoms with E-state index in [0.29, 0.717) is 23.8 Å². The Kier molecular flexibility index (Phi) is 5.79. The fourth-order valence-corrected chi connectivity index (χ4v) is 1.91. The van der Waals surface area contributed by atoms with Crippen LogP contribution >= 0.6 is 11.6 Å². The van der Waals surface area contributed by atoms with Crippen molar-refractivity contribution in [1.82, 2.24) is 4.90 Å². The van der Waals surface area contributed by atoms with Crippen LogP contribution in [0.25, 0.3) is 0 Å². The number of nitrogens with two attached hydrogens (primary N) is 1. The third kappa shape index (κ3) is 4.71. The molecule has 0 spiro atoms. The Morgan fingerprint density at radius 3 is 2.45 bits per heavy atom. The predicted molar refractivity (Wildman–Crippen MR) is 78.4 cm³/mol. The molecule has 0 saturated carbocycles. The molecule has 0 radical (unpaired) electrons. The van der Waals surface area contributed by atoms with Crippen molar-refractivity contribution in [2.24, 2.45) is 5.73 Å². The summed E-state index contributed by atoms with van der Waals surface area (Å²) in [6.45, 7) is 0.854. The van der Waals surface area contributed by atoms with Gasteiger partial charge in [0, 0.05) is 18.1 Å². The van der Waals surface area contributed by atoms with Crippen LogP contribution in [-0.2, 0) is 4.79 Å². The summed E-state index contributed by atoms with van der Waals surface area (Å²) in [5.74, 6) is -1.60. The highest BCUT2D eigenvalue weighted by molar-refractivity contribution is 6.31. The summed E-state index contributed by atoms with van der Waals surface area (Å²) in [4.78, 5) is 25.9. The first kappa shape index (κ1) is 16.3. The summed E-state index contributed by atoms with van der Waals surface area (Å²) in [5.41, 5.74) is 6.02. The summed E-state index contributed by atoms with van der Waals surface area (Å²) < 4.78 is 0. The predicted octanol–water partition coefficient (Wildman–Crippen LogP) is 0.892. The van der Waals surface area contributed by atoms with E-state index in [9.17, 15) is 9.59 Å². The average molecular weight is 300 g/mol. The van der Waals surface area contributed by atoms with Gasteiger partial charge in [0.2, 0.25) is 0 Å². The second-order valence-corrected chi connectivity index (χ2v) is 5.08. The zero-order valence-corrected chi connectivity index (χ0v) is 12.2. The summed E-state index contributed by atoms with van der Waals surface area (Å²) in [6.07, 6.45) is 0. The maximum Gasteiger partial charge on any atom is 0.323 e. The van der Waals surface area contributed by atoms with Crippen LogP contribution in [0.2, 0.25) is 5.02 Å². The first-order chi connectivity index (χ1) is 9.31. The minimum absolute atomic E-state index is 0.228. The molecule has 0 heterocycles. The molecule has 1 aromatic rings. The van der Waals surface area contributed by atoms with Crippen molar-refractivity contribution >= 4 is 29.2 Å². The number of primary amides is 1. The van der Waals surface area contributed by atoms with Crippen molar-refractivity contribution in [3.63, 3.8) is 0 Å². The zero-order chi connectivity index (χ0) is 15.3. The van der Waals surface area contributed by atoms with Crippen LogP contribution in [0.1, 0.15) is 10.4 Å². The van der Waals surface area contributed by atoms with E-state index < -0.39 is 11.9 Å². The Morgan fingerprint density at radius 1 is 1.30 bits per heavy atom. The fraction of sp³-hybridized carbons (Fsp3) is 0.385. The van der Waals surface area contributed by atoms with E-state index >= 15 is 0 Å². The summed E-state index contributed by atoms with van der Waals surface area (Å²) >= 11 is 5.93. The van der Waals surface area contributed by atoms with E-state index in [1.165, 1.54) is 6.07 Å². The maximum absolute atomic E-state index is 11.5. The highest BCUT2D eigenvalue weighted by atomic mass is 35.5. The summed E-state index contributed by atoms with van der Waals surface area (Å²) in [7, 11) is 3.76. The number of amides is 1. The summed E-state index contributed by atoms with van der Waals surface area (Å²) in [5, 5.41) is 9.43. The van der Waals surface area contributed by atoms with Gasteiger partial charge in [-0.1, -0.05) is 11.6 Å². The van der Waals surface area contributed by atoms with E-state index in [4.69, 9.17) is 22.4 Å². The minimum Gasteiger partial charge on any atom is -0.480 e. The number of aliphatic carboxylic acids is 1. The van der Waals surface area contributed by atoms with Crippen molar-refractivity contribution in [1.29, 1.82) is 0 Å². The number of likely N-dealkylation sites (N-methyl/N-ethyl adjacent to an activating group) is 1. The van der Waals surface area contributed by atoms with E-state index in [1.54, 1.807) is 17.0 Å². The number of carbonyl (C=O) groups is 2. The molecule has 0 bridgehead atoms. The average Bonchev–Trinajstić information content (AvgIpc) is 2.33. The Bertz CT molecular complexity index is 506. The highest BCUT2D eigenvalue weighted by Gasteiger charge is 2.17. The van der Waals surface area contributed by atoms with E-state index in [2.05, 4.69) is 0 Å². The van der Waals surface area contributed by atoms with Crippen molar-refractivity contribution in [2.75, 3.05) is 38.6 Å². The van der Waals surface area contributed by atoms with E-state index in [1.807, 2.05) is 19.0 Å². The van der Waals surface area contributed by atoms with Crippen molar-refractivity contribution in [2.45, 2.75) is 0 Å². The third-order valence-corrected chi connectivity index (χ3v) is 2.94. The number of carbonyl (C=O) groups excluding carboxylic acids is 1. The second kappa shape index (κ2) is 7.12. The quantitative estimate of drug-likeness (QED) is 0.781. The maximum atomic E-state index is 11.5. The van der Waals surface area contributed by atoms with Gasteiger partial charge in [0.15, 0.2) is 0 Å². The molecule has 7 heteroatoms. The topological polar surface area (TPSA) is 86.9 Å². The molecule has 0 aromatic heterocycles. The largest absolute Gasteiger partial charge is 0.480 e. The van der Waals surface area contributed by atoms with Gasteiger partial charge in [0.25, 0.3) is 5.91 Å². The number of benzene rings is 1. The SMILES string of the molecule is CN(C)CCN(CC(=O)O)c1cc(Cl)ccc1C(N)=O. The first-order valence-electron chi connectivity index (χ1n) is 6.02. The van der Waals surface area contributed by atoms with Crippen molar-refractivity contribution < 1.29 is 14.7 Å². The molecule has 0 aliphatic rings. The summed E-state index contributed by atoms with van der Waals surface area (Å²) in [6, 6.07) is 4.61. The van der Waals surface area contributed by atoms with Gasteiger partial charge in [-0.25, -0.2) is 0 Å². The Labute approximate surface area is 122 Å². The van der Waals surface area contributed by atoms with E-state index in [0.717, 1.165) is 0 Å². The Hall–Kier alpha value is -1.79. The van der Waals surface area contributed by atoms with E-state index in [-0.39, 0.29) is 12.1 Å². The van der Waals surface area contributed by atoms with Crippen molar-refractivity contribution in [3.8, 4) is 0 Å². The number of carboxylic acids is 1. The molecule has 0 atom stereocenters. The van der Waals surface area contributed by atoms with Crippen LogP contribution in [0, 0.1) is 0 Å². The van der Waals surface area contributed by atoms with Crippen LogP contribution in [-0.4, -0.2) is 55.6 Å². The van der Waals surface area contributed by atoms with Gasteiger partial charge < -0.3 is 20.6 Å². The molecule has 0 saturated heterocycles. The number of hydrogen-bond acceptors (Lipinski definition) is 4. The van der Waals surface area contributed by atoms with Gasteiger partial charge in [0.05, 0.1) is 11.3 Å². The number of carboxylic acid groups (broad SMARTS) is 1. The van der Waals surface area contributed by atoms with Crippen LogP contribution in [0.3, 0.4) is 0 Å². The standard InChI is InChI=1S/C13H18ClN3O3/c1-16(2)5-6-17(8-12(18)19)11-7-9(14)3-4-10(11)13(15)20/h3-4,7H,5-6,8H2,1-2H3,(H2,15,20)(H,18,19). The molecule has 0 aliphatic heterocycles. The molecule has 0 aliphatic carbocycles. The van der Waals surface area contributed by atoms with Crippen LogP contribution in [0.15, 0.2) is 18.2 Å². The van der Waals surface area contributed by atoms with Crippen LogP contribution < -0.4 is 10.6 Å². The zero-order valence-electron chi connectivity index (χ0n) is 11.5. The molecule has 0 unspecified atom stereocenters. The lowest BCUT2D eigenvalue weighted by Gasteiger charge is -2.26. The molecule has 1 amide bonds. The molecule has 1 rings (SSSR count). The van der Waals surface area contributed by atoms with Gasteiger partial charge in [-0.3, -0.25) is 9.59 Å². The van der Waals surface area contributed by atoms with Gasteiger partial charge in [-0.05, 0) is 32.3 Å². The number of anilines is 1. The molecule has 0 fully saturated rings. The van der Waals surface area contributed by atoms with Gasteiger partial charge in [-0.2, -0.15) is 0 Å². The van der Waals surface area contributed by atoms with Crippen molar-refractivity contribution in [3.05, 3.63) is 28.8 Å². The monoisotopic (exact) mass is 299 g/mol. The molecule has 1 aromatic carbocycles. The van der Waals surface area contributed by atoms with Gasteiger partial charge in [0.1, 0.15) is 6.54 Å². The third-order valence-electron chi connectivity index (χ3n) is 2.71. The Morgan fingerprint density at radius 2 is 1.95 bits per heavy atom. The minimum atomic E-state index is -0.987. The lowest BCUT2D eigenvalue weighted by molar-refractivity contribution is -0.135. The van der Waals surface area contributed by atoms with Gasteiger partial charge in [-0.15, -0.1) is 0 Å². The number of hydrogen-bond donors (Lipinski definition) is 2. The van der Waals surface area contributed by atoms with Gasteiger partial charge >= 0.3 is 5.97 Å². The Balaban J connectivity index is 3.13. The van der Waals surface area contributed by atoms with Crippen LogP contribution in [0.4, 0.5) is 5.69 Å². The smallest absolute Gasteiger partial charge is 0.323 e. The number of halogens is 1. The molecule has 3 N–H and O–H groups in total. The lowest BCUT2D eigenvalue weighted by atomic mass is 10.1. The molecule has 6 nitrogen and oxygen atoms in total. The molecular weight excluding hydrogens is 282 g/mol. The molecule has 20 heavy (non-hydrogen) atoms. The number of nitrogens with zero attached hydrogens (tertiary/aromatic N) is 2. The lowest BCUT2D eigenvalue weighted by Crippen LogP contribution is -2.37. The molecule has 110 valence electrons. The highest BCUT2D eigenvalue weighted by Crippen LogP contribution is 2.24. The van der Waals surface area contributed by atoms with Crippen LogP contribution in [0.5, 0.6) is 0 Å². The second-order valence-electron chi connectivity index (χ2n) is 4.64. The number of rotatable bonds is 7. The molecular formula is C13H18ClN3O3. The normalized spacial score (nSPS) is 10.6. The fourth-order valence-electron chi connectivity index (χ4n) is 1.74.